The third kappa shape index (κ3) is 6.77. The zero-order chi connectivity index (χ0) is 23.1. The average Bonchev–Trinajstić information content (AvgIpc) is 3.24. The first kappa shape index (κ1) is 24.7. The summed E-state index contributed by atoms with van der Waals surface area (Å²) in [5, 5.41) is 12.2. The van der Waals surface area contributed by atoms with Gasteiger partial charge in [-0.05, 0) is 60.9 Å². The molecule has 0 bridgehead atoms. The van der Waals surface area contributed by atoms with Gasteiger partial charge in [0.2, 0.25) is 5.91 Å². The van der Waals surface area contributed by atoms with Crippen LogP contribution in [0.5, 0.6) is 5.75 Å². The fourth-order valence-corrected chi connectivity index (χ4v) is 4.92. The highest BCUT2D eigenvalue weighted by Gasteiger charge is 2.33. The lowest BCUT2D eigenvalue weighted by Crippen LogP contribution is -2.48. The highest BCUT2D eigenvalue weighted by atomic mass is 32.1. The molecule has 1 N–H and O–H groups in total. The molecule has 1 aliphatic heterocycles. The number of fused-ring (bicyclic) bond motifs is 1. The van der Waals surface area contributed by atoms with Crippen molar-refractivity contribution in [3.63, 3.8) is 0 Å². The number of aliphatic hydroxyl groups excluding tert-OH is 1. The van der Waals surface area contributed by atoms with Gasteiger partial charge in [-0.15, -0.1) is 11.3 Å². The van der Waals surface area contributed by atoms with Crippen LogP contribution in [0.25, 0.3) is 0 Å². The third-order valence-corrected chi connectivity index (χ3v) is 6.94. The van der Waals surface area contributed by atoms with E-state index in [0.717, 1.165) is 24.9 Å². The Bertz CT molecular complexity index is 872. The minimum atomic E-state index is -0.438. The Balaban J connectivity index is 1.72. The van der Waals surface area contributed by atoms with Gasteiger partial charge >= 0.3 is 0 Å². The monoisotopic (exact) mass is 462 g/mol. The standard InChI is InChI=1S/C25H35FN2O3S/c1-4-20(29)15-27(11-8-18(2)3)16-25(30)28-12-9-24-22(10-13-32-24)23(28)17-31-21-7-5-6-19(26)14-21/h5-7,10,13-14,18,20,23,29H,4,8-9,11-12,15-17H2,1-3H3/t20-,23-/m0/s1. The predicted molar refractivity (Wildman–Crippen MR) is 127 cm³/mol. The fourth-order valence-electron chi connectivity index (χ4n) is 3.99. The van der Waals surface area contributed by atoms with E-state index < -0.39 is 6.10 Å². The average molecular weight is 463 g/mol. The second-order valence-corrected chi connectivity index (χ2v) is 9.90. The summed E-state index contributed by atoms with van der Waals surface area (Å²) in [6.45, 7) is 8.76. The summed E-state index contributed by atoms with van der Waals surface area (Å²) in [6, 6.07) is 7.96. The van der Waals surface area contributed by atoms with E-state index in [2.05, 4.69) is 30.2 Å². The smallest absolute Gasteiger partial charge is 0.237 e. The summed E-state index contributed by atoms with van der Waals surface area (Å²) in [6.07, 6.45) is 2.04. The summed E-state index contributed by atoms with van der Waals surface area (Å²) in [5.74, 6) is 0.693. The Kier molecular flexibility index (Phi) is 9.08. The zero-order valence-corrected chi connectivity index (χ0v) is 20.1. The number of nitrogens with zero attached hydrogens (tertiary/aromatic N) is 2. The molecule has 2 atom stereocenters. The van der Waals surface area contributed by atoms with Crippen molar-refractivity contribution < 1.29 is 19.0 Å². The number of hydrogen-bond acceptors (Lipinski definition) is 5. The van der Waals surface area contributed by atoms with E-state index in [0.29, 0.717) is 31.2 Å². The van der Waals surface area contributed by atoms with Crippen LogP contribution in [-0.2, 0) is 11.2 Å². The van der Waals surface area contributed by atoms with E-state index in [1.165, 1.54) is 17.0 Å². The molecule has 2 heterocycles. The van der Waals surface area contributed by atoms with E-state index in [-0.39, 0.29) is 30.9 Å². The summed E-state index contributed by atoms with van der Waals surface area (Å²) >= 11 is 1.71. The van der Waals surface area contributed by atoms with Crippen molar-refractivity contribution >= 4 is 17.2 Å². The van der Waals surface area contributed by atoms with Crippen LogP contribution in [0.4, 0.5) is 4.39 Å². The lowest BCUT2D eigenvalue weighted by Gasteiger charge is -2.37. The number of aliphatic hydroxyl groups is 1. The molecule has 5 nitrogen and oxygen atoms in total. The quantitative estimate of drug-likeness (QED) is 0.534. The Hall–Kier alpha value is -1.96. The molecule has 1 aliphatic rings. The fraction of sp³-hybridized carbons (Fsp3) is 0.560. The van der Waals surface area contributed by atoms with Crippen molar-refractivity contribution in [1.29, 1.82) is 0 Å². The molecule has 2 aromatic rings. The molecule has 1 amide bonds. The van der Waals surface area contributed by atoms with Crippen molar-refractivity contribution in [1.82, 2.24) is 9.80 Å². The van der Waals surface area contributed by atoms with Crippen LogP contribution in [0.2, 0.25) is 0 Å². The molecule has 0 saturated carbocycles. The highest BCUT2D eigenvalue weighted by molar-refractivity contribution is 7.10. The molecule has 0 unspecified atom stereocenters. The molecule has 1 aromatic heterocycles. The van der Waals surface area contributed by atoms with Gasteiger partial charge in [-0.1, -0.05) is 26.8 Å². The van der Waals surface area contributed by atoms with E-state index >= 15 is 0 Å². The minimum absolute atomic E-state index is 0.0433. The normalized spacial score (nSPS) is 17.0. The molecule has 32 heavy (non-hydrogen) atoms. The first-order chi connectivity index (χ1) is 15.4. The number of benzene rings is 1. The SMILES string of the molecule is CC[C@H](O)CN(CCC(C)C)CC(=O)N1CCc2sccc2[C@@H]1COc1cccc(F)c1. The van der Waals surface area contributed by atoms with Gasteiger partial charge < -0.3 is 14.7 Å². The Morgan fingerprint density at radius 2 is 2.19 bits per heavy atom. The van der Waals surface area contributed by atoms with Crippen molar-refractivity contribution in [2.24, 2.45) is 5.92 Å². The molecule has 0 radical (unpaired) electrons. The first-order valence-corrected chi connectivity index (χ1v) is 12.4. The van der Waals surface area contributed by atoms with Crippen molar-refractivity contribution in [2.45, 2.75) is 52.2 Å². The largest absolute Gasteiger partial charge is 0.491 e. The molecule has 0 fully saturated rings. The molecule has 176 valence electrons. The molecular formula is C25H35FN2O3S. The lowest BCUT2D eigenvalue weighted by molar-refractivity contribution is -0.136. The van der Waals surface area contributed by atoms with Gasteiger partial charge in [0.1, 0.15) is 18.2 Å². The molecule has 1 aromatic carbocycles. The number of amides is 1. The van der Waals surface area contributed by atoms with E-state index in [1.54, 1.807) is 23.5 Å². The number of ether oxygens (including phenoxy) is 1. The highest BCUT2D eigenvalue weighted by Crippen LogP contribution is 2.34. The maximum Gasteiger partial charge on any atom is 0.237 e. The van der Waals surface area contributed by atoms with Gasteiger partial charge in [0.25, 0.3) is 0 Å². The Morgan fingerprint density at radius 3 is 2.91 bits per heavy atom. The van der Waals surface area contributed by atoms with Crippen LogP contribution in [0.15, 0.2) is 35.7 Å². The van der Waals surface area contributed by atoms with Crippen molar-refractivity contribution in [3.05, 3.63) is 52.0 Å². The van der Waals surface area contributed by atoms with Crippen molar-refractivity contribution in [2.75, 3.05) is 32.8 Å². The van der Waals surface area contributed by atoms with Crippen LogP contribution in [0, 0.1) is 11.7 Å². The second kappa shape index (κ2) is 11.8. The molecule has 0 aliphatic carbocycles. The molecular weight excluding hydrogens is 427 g/mol. The third-order valence-electron chi connectivity index (χ3n) is 5.94. The van der Waals surface area contributed by atoms with E-state index in [4.69, 9.17) is 4.74 Å². The summed E-state index contributed by atoms with van der Waals surface area (Å²) in [4.78, 5) is 18.7. The summed E-state index contributed by atoms with van der Waals surface area (Å²) in [7, 11) is 0. The molecule has 7 heteroatoms. The maximum atomic E-state index is 13.6. The van der Waals surface area contributed by atoms with Crippen molar-refractivity contribution in [3.8, 4) is 5.75 Å². The van der Waals surface area contributed by atoms with Crippen LogP contribution in [0.1, 0.15) is 50.1 Å². The van der Waals surface area contributed by atoms with Gasteiger partial charge in [0.15, 0.2) is 0 Å². The van der Waals surface area contributed by atoms with Gasteiger partial charge in [-0.3, -0.25) is 9.69 Å². The lowest BCUT2D eigenvalue weighted by atomic mass is 10.00. The number of carbonyl (C=O) groups excluding carboxylic acids is 1. The van der Waals surface area contributed by atoms with E-state index in [1.807, 2.05) is 11.8 Å². The topological polar surface area (TPSA) is 53.0 Å². The van der Waals surface area contributed by atoms with Crippen LogP contribution in [0.3, 0.4) is 0 Å². The molecule has 0 spiro atoms. The van der Waals surface area contributed by atoms with Crippen LogP contribution < -0.4 is 4.74 Å². The van der Waals surface area contributed by atoms with Gasteiger partial charge in [0.05, 0.1) is 18.7 Å². The number of thiophene rings is 1. The second-order valence-electron chi connectivity index (χ2n) is 8.90. The Labute approximate surface area is 194 Å². The first-order valence-electron chi connectivity index (χ1n) is 11.5. The minimum Gasteiger partial charge on any atom is -0.491 e. The van der Waals surface area contributed by atoms with Crippen LogP contribution in [-0.4, -0.2) is 59.7 Å². The number of rotatable bonds is 11. The maximum absolute atomic E-state index is 13.6. The summed E-state index contributed by atoms with van der Waals surface area (Å²) < 4.78 is 19.5. The van der Waals surface area contributed by atoms with Crippen LogP contribution >= 0.6 is 11.3 Å². The zero-order valence-electron chi connectivity index (χ0n) is 19.3. The predicted octanol–water partition coefficient (Wildman–Crippen LogP) is 4.51. The molecule has 3 rings (SSSR count). The van der Waals surface area contributed by atoms with Gasteiger partial charge in [0, 0.05) is 24.0 Å². The molecule has 0 saturated heterocycles. The number of hydrogen-bond donors (Lipinski definition) is 1. The number of carbonyl (C=O) groups is 1. The van der Waals surface area contributed by atoms with Gasteiger partial charge in [-0.2, -0.15) is 0 Å². The number of halogens is 1. The Morgan fingerprint density at radius 1 is 1.38 bits per heavy atom. The van der Waals surface area contributed by atoms with E-state index in [9.17, 15) is 14.3 Å². The summed E-state index contributed by atoms with van der Waals surface area (Å²) in [5.41, 5.74) is 1.12. The van der Waals surface area contributed by atoms with Gasteiger partial charge in [-0.25, -0.2) is 4.39 Å².